The van der Waals surface area contributed by atoms with E-state index in [0.717, 1.165) is 11.3 Å². The minimum atomic E-state index is -0.586. The summed E-state index contributed by atoms with van der Waals surface area (Å²) in [6.45, 7) is 0. The first kappa shape index (κ1) is 11.5. The van der Waals surface area contributed by atoms with Gasteiger partial charge in [-0.15, -0.1) is 0 Å². The van der Waals surface area contributed by atoms with E-state index in [1.54, 1.807) is 12.5 Å². The molecule has 0 aliphatic heterocycles. The van der Waals surface area contributed by atoms with Crippen molar-refractivity contribution in [1.82, 2.24) is 9.55 Å². The Bertz CT molecular complexity index is 543. The first-order valence-electron chi connectivity index (χ1n) is 6.50. The third kappa shape index (κ3) is 1.95. The van der Waals surface area contributed by atoms with Crippen LogP contribution in [0.25, 0.3) is 0 Å². The van der Waals surface area contributed by atoms with E-state index < -0.39 is 6.10 Å². The van der Waals surface area contributed by atoms with Gasteiger partial charge in [0.25, 0.3) is 0 Å². The second-order valence-electron chi connectivity index (χ2n) is 5.13. The van der Waals surface area contributed by atoms with Crippen LogP contribution in [0.5, 0.6) is 0 Å². The third-order valence-corrected chi connectivity index (χ3v) is 3.94. The van der Waals surface area contributed by atoms with Gasteiger partial charge in [-0.3, -0.25) is 0 Å². The topological polar surface area (TPSA) is 38.0 Å². The highest BCUT2D eigenvalue weighted by atomic mass is 16.3. The lowest BCUT2D eigenvalue weighted by Crippen LogP contribution is -2.10. The number of rotatable bonds is 3. The molecule has 1 unspecified atom stereocenters. The van der Waals surface area contributed by atoms with Crippen LogP contribution in [0, 0.1) is 0 Å². The third-order valence-electron chi connectivity index (χ3n) is 3.94. The van der Waals surface area contributed by atoms with Gasteiger partial charge >= 0.3 is 0 Å². The normalized spacial score (nSPS) is 17.4. The summed E-state index contributed by atoms with van der Waals surface area (Å²) in [5, 5.41) is 10.4. The number of imidazole rings is 1. The number of aliphatic hydroxyl groups is 1. The summed E-state index contributed by atoms with van der Waals surface area (Å²) in [4.78, 5) is 4.06. The summed E-state index contributed by atoms with van der Waals surface area (Å²) >= 11 is 0. The van der Waals surface area contributed by atoms with Crippen LogP contribution < -0.4 is 0 Å². The van der Waals surface area contributed by atoms with E-state index in [-0.39, 0.29) is 0 Å². The zero-order valence-corrected chi connectivity index (χ0v) is 10.6. The number of benzene rings is 1. The van der Waals surface area contributed by atoms with Gasteiger partial charge in [-0.1, -0.05) is 30.7 Å². The lowest BCUT2D eigenvalue weighted by Gasteiger charge is -2.26. The summed E-state index contributed by atoms with van der Waals surface area (Å²) < 4.78 is 1.86. The van der Waals surface area contributed by atoms with Crippen LogP contribution in [0.1, 0.15) is 48.1 Å². The molecule has 0 amide bonds. The van der Waals surface area contributed by atoms with Crippen molar-refractivity contribution in [2.45, 2.75) is 31.3 Å². The molecule has 1 atom stereocenters. The fourth-order valence-corrected chi connectivity index (χ4v) is 2.53. The van der Waals surface area contributed by atoms with Crippen LogP contribution in [0.3, 0.4) is 0 Å². The Labute approximate surface area is 107 Å². The van der Waals surface area contributed by atoms with Crippen LogP contribution in [0.15, 0.2) is 36.8 Å². The fourth-order valence-electron chi connectivity index (χ4n) is 2.53. The molecule has 94 valence electrons. The van der Waals surface area contributed by atoms with Gasteiger partial charge in [-0.05, 0) is 29.9 Å². The summed E-state index contributed by atoms with van der Waals surface area (Å²) in [6, 6.07) is 8.34. The number of hydrogen-bond acceptors (Lipinski definition) is 2. The van der Waals surface area contributed by atoms with Gasteiger partial charge in [0.1, 0.15) is 6.10 Å². The zero-order chi connectivity index (χ0) is 12.5. The highest BCUT2D eigenvalue weighted by molar-refractivity contribution is 5.32. The number of nitrogens with zero attached hydrogens (tertiary/aromatic N) is 2. The molecule has 1 N–H and O–H groups in total. The number of aromatic nitrogens is 2. The predicted octanol–water partition coefficient (Wildman–Crippen LogP) is 2.77. The van der Waals surface area contributed by atoms with Crippen molar-refractivity contribution < 1.29 is 5.11 Å². The van der Waals surface area contributed by atoms with E-state index in [0.29, 0.717) is 5.92 Å². The first-order valence-corrected chi connectivity index (χ1v) is 6.50. The van der Waals surface area contributed by atoms with E-state index in [1.807, 2.05) is 23.7 Å². The SMILES string of the molecule is Cn1cncc1C(O)c1cccc(C2CCC2)c1. The van der Waals surface area contributed by atoms with E-state index >= 15 is 0 Å². The van der Waals surface area contributed by atoms with Crippen molar-refractivity contribution in [3.63, 3.8) is 0 Å². The predicted molar refractivity (Wildman–Crippen MR) is 70.3 cm³/mol. The summed E-state index contributed by atoms with van der Waals surface area (Å²) in [7, 11) is 1.90. The maximum Gasteiger partial charge on any atom is 0.121 e. The molecule has 1 saturated carbocycles. The first-order chi connectivity index (χ1) is 8.75. The van der Waals surface area contributed by atoms with Crippen molar-refractivity contribution in [3.8, 4) is 0 Å². The molecule has 1 fully saturated rings. The molecule has 18 heavy (non-hydrogen) atoms. The lowest BCUT2D eigenvalue weighted by atomic mass is 9.79. The summed E-state index contributed by atoms with van der Waals surface area (Å²) in [5.74, 6) is 0.698. The van der Waals surface area contributed by atoms with E-state index in [4.69, 9.17) is 0 Å². The van der Waals surface area contributed by atoms with E-state index in [2.05, 4.69) is 17.1 Å². The average Bonchev–Trinajstić information content (AvgIpc) is 2.73. The van der Waals surface area contributed by atoms with Gasteiger partial charge in [0.15, 0.2) is 0 Å². The van der Waals surface area contributed by atoms with Crippen molar-refractivity contribution >= 4 is 0 Å². The Balaban J connectivity index is 1.89. The Kier molecular flexibility index (Phi) is 2.92. The highest BCUT2D eigenvalue weighted by Gasteiger charge is 2.21. The lowest BCUT2D eigenvalue weighted by molar-refractivity contribution is 0.211. The number of aliphatic hydroxyl groups excluding tert-OH is 1. The smallest absolute Gasteiger partial charge is 0.121 e. The van der Waals surface area contributed by atoms with Crippen LogP contribution in [0.4, 0.5) is 0 Å². The van der Waals surface area contributed by atoms with Crippen LogP contribution in [-0.4, -0.2) is 14.7 Å². The molecule has 1 aromatic carbocycles. The molecule has 0 spiro atoms. The molecule has 3 rings (SSSR count). The minimum absolute atomic E-state index is 0.586. The van der Waals surface area contributed by atoms with Gasteiger partial charge in [-0.2, -0.15) is 0 Å². The molecule has 1 aromatic heterocycles. The molecule has 0 saturated heterocycles. The Morgan fingerprint density at radius 1 is 1.39 bits per heavy atom. The Morgan fingerprint density at radius 2 is 2.22 bits per heavy atom. The largest absolute Gasteiger partial charge is 0.382 e. The van der Waals surface area contributed by atoms with Gasteiger partial charge in [0.2, 0.25) is 0 Å². The Morgan fingerprint density at radius 3 is 2.83 bits per heavy atom. The molecule has 0 radical (unpaired) electrons. The molecule has 0 bridgehead atoms. The molecular formula is C15H18N2O. The van der Waals surface area contributed by atoms with Crippen molar-refractivity contribution in [2.24, 2.45) is 7.05 Å². The monoisotopic (exact) mass is 242 g/mol. The van der Waals surface area contributed by atoms with Crippen molar-refractivity contribution in [2.75, 3.05) is 0 Å². The van der Waals surface area contributed by atoms with Gasteiger partial charge in [0.05, 0.1) is 18.2 Å². The highest BCUT2D eigenvalue weighted by Crippen LogP contribution is 2.37. The molecule has 3 nitrogen and oxygen atoms in total. The molecule has 1 heterocycles. The van der Waals surface area contributed by atoms with Crippen molar-refractivity contribution in [3.05, 3.63) is 53.6 Å². The molecule has 1 aliphatic rings. The number of aryl methyl sites for hydroxylation is 1. The summed E-state index contributed by atoms with van der Waals surface area (Å²) in [6.07, 6.45) is 6.75. The maximum atomic E-state index is 10.4. The van der Waals surface area contributed by atoms with Crippen molar-refractivity contribution in [1.29, 1.82) is 0 Å². The zero-order valence-electron chi connectivity index (χ0n) is 10.6. The van der Waals surface area contributed by atoms with Crippen LogP contribution in [0.2, 0.25) is 0 Å². The maximum absolute atomic E-state index is 10.4. The van der Waals surface area contributed by atoms with Crippen LogP contribution >= 0.6 is 0 Å². The molecule has 1 aliphatic carbocycles. The van der Waals surface area contributed by atoms with Gasteiger partial charge in [-0.25, -0.2) is 4.98 Å². The standard InChI is InChI=1S/C15H18N2O/c1-17-10-16-9-14(17)15(18)13-7-3-6-12(8-13)11-4-2-5-11/h3,6-11,15,18H,2,4-5H2,1H3. The molecule has 3 heteroatoms. The molecule has 2 aromatic rings. The number of hydrogen-bond donors (Lipinski definition) is 1. The van der Waals surface area contributed by atoms with Crippen LogP contribution in [-0.2, 0) is 7.05 Å². The Hall–Kier alpha value is -1.61. The average molecular weight is 242 g/mol. The van der Waals surface area contributed by atoms with Gasteiger partial charge in [0, 0.05) is 7.05 Å². The van der Waals surface area contributed by atoms with E-state index in [1.165, 1.54) is 24.8 Å². The summed E-state index contributed by atoms with van der Waals surface area (Å²) in [5.41, 5.74) is 3.16. The fraction of sp³-hybridized carbons (Fsp3) is 0.400. The van der Waals surface area contributed by atoms with E-state index in [9.17, 15) is 5.11 Å². The second-order valence-corrected chi connectivity index (χ2v) is 5.13. The molecular weight excluding hydrogens is 224 g/mol. The van der Waals surface area contributed by atoms with Gasteiger partial charge < -0.3 is 9.67 Å². The second kappa shape index (κ2) is 4.58. The minimum Gasteiger partial charge on any atom is -0.382 e. The quantitative estimate of drug-likeness (QED) is 0.898.